The zero-order chi connectivity index (χ0) is 18.4. The molecule has 0 spiro atoms. The average molecular weight is 370 g/mol. The van der Waals surface area contributed by atoms with Gasteiger partial charge in [-0.15, -0.1) is 0 Å². The molecule has 1 amide bonds. The molecule has 0 aliphatic rings. The van der Waals surface area contributed by atoms with Gasteiger partial charge in [0.2, 0.25) is 0 Å². The van der Waals surface area contributed by atoms with Crippen molar-refractivity contribution in [3.63, 3.8) is 0 Å². The van der Waals surface area contributed by atoms with Gasteiger partial charge in [-0.3, -0.25) is 4.79 Å². The molecule has 0 saturated carbocycles. The van der Waals surface area contributed by atoms with Crippen LogP contribution in [0.2, 0.25) is 0 Å². The zero-order valence-corrected chi connectivity index (χ0v) is 15.7. The van der Waals surface area contributed by atoms with Crippen molar-refractivity contribution >= 4 is 23.4 Å². The van der Waals surface area contributed by atoms with Crippen molar-refractivity contribution in [1.82, 2.24) is 14.9 Å². The second kappa shape index (κ2) is 8.73. The highest BCUT2D eigenvalue weighted by Crippen LogP contribution is 2.23. The van der Waals surface area contributed by atoms with Gasteiger partial charge < -0.3 is 19.6 Å². The minimum atomic E-state index is -0.248. The molecule has 0 saturated heterocycles. The Hall–Kier alpha value is -2.51. The lowest BCUT2D eigenvalue weighted by Gasteiger charge is -2.10. The number of thioether (sulfide) groups is 1. The Balaban J connectivity index is 1.62. The van der Waals surface area contributed by atoms with E-state index >= 15 is 0 Å². The van der Waals surface area contributed by atoms with Gasteiger partial charge in [0.25, 0.3) is 5.91 Å². The fourth-order valence-corrected chi connectivity index (χ4v) is 3.27. The summed E-state index contributed by atoms with van der Waals surface area (Å²) >= 11 is 1.57. The molecule has 6 nitrogen and oxygen atoms in total. The molecule has 26 heavy (non-hydrogen) atoms. The van der Waals surface area contributed by atoms with Crippen LogP contribution in [0.4, 0.5) is 5.69 Å². The fourth-order valence-electron chi connectivity index (χ4n) is 2.44. The Morgan fingerprint density at radius 3 is 2.88 bits per heavy atom. The van der Waals surface area contributed by atoms with Crippen molar-refractivity contribution < 1.29 is 9.21 Å². The van der Waals surface area contributed by atoms with Crippen molar-refractivity contribution in [2.24, 2.45) is 7.05 Å². The van der Waals surface area contributed by atoms with E-state index in [4.69, 9.17) is 4.42 Å². The van der Waals surface area contributed by atoms with Crippen molar-refractivity contribution in [1.29, 1.82) is 0 Å². The third-order valence-corrected chi connectivity index (χ3v) is 4.92. The van der Waals surface area contributed by atoms with Crippen LogP contribution in [-0.4, -0.2) is 22.0 Å². The largest absolute Gasteiger partial charge is 0.455 e. The maximum absolute atomic E-state index is 12.5. The average Bonchev–Trinajstić information content (AvgIpc) is 3.28. The Bertz CT molecular complexity index is 872. The lowest BCUT2D eigenvalue weighted by Crippen LogP contribution is -2.16. The zero-order valence-electron chi connectivity index (χ0n) is 14.9. The first-order valence-corrected chi connectivity index (χ1v) is 9.44. The van der Waals surface area contributed by atoms with Crippen LogP contribution in [0.5, 0.6) is 0 Å². The molecule has 0 aliphatic heterocycles. The Labute approximate surface area is 157 Å². The summed E-state index contributed by atoms with van der Waals surface area (Å²) in [6.45, 7) is 3.63. The molecule has 0 aliphatic carbocycles. The predicted octanol–water partition coefficient (Wildman–Crippen LogP) is 3.67. The molecule has 2 heterocycles. The topological polar surface area (TPSA) is 72.1 Å². The van der Waals surface area contributed by atoms with Gasteiger partial charge in [-0.2, -0.15) is 0 Å². The summed E-state index contributed by atoms with van der Waals surface area (Å²) in [6.07, 6.45) is 3.66. The molecular formula is C19H22N4O2S. The van der Waals surface area contributed by atoms with Crippen LogP contribution in [0.15, 0.2) is 58.4 Å². The lowest BCUT2D eigenvalue weighted by atomic mass is 10.1. The minimum absolute atomic E-state index is 0.248. The molecule has 2 N–H and O–H groups in total. The highest BCUT2D eigenvalue weighted by atomic mass is 32.2. The van der Waals surface area contributed by atoms with Crippen LogP contribution in [-0.2, 0) is 19.3 Å². The third-order valence-electron chi connectivity index (χ3n) is 3.84. The molecular weight excluding hydrogens is 348 g/mol. The summed E-state index contributed by atoms with van der Waals surface area (Å²) < 4.78 is 7.64. The number of benzene rings is 1. The van der Waals surface area contributed by atoms with Gasteiger partial charge in [-0.1, -0.05) is 36.9 Å². The number of nitrogens with one attached hydrogen (secondary N) is 2. The van der Waals surface area contributed by atoms with E-state index in [1.54, 1.807) is 24.0 Å². The number of nitrogens with zero attached hydrogens (tertiary/aromatic N) is 2. The summed E-state index contributed by atoms with van der Waals surface area (Å²) in [7, 11) is 1.95. The van der Waals surface area contributed by atoms with Crippen LogP contribution in [0.1, 0.15) is 28.8 Å². The van der Waals surface area contributed by atoms with Gasteiger partial charge in [-0.05, 0) is 30.3 Å². The number of anilines is 1. The van der Waals surface area contributed by atoms with Crippen molar-refractivity contribution in [2.45, 2.75) is 24.4 Å². The lowest BCUT2D eigenvalue weighted by molar-refractivity contribution is 0.0995. The first kappa shape index (κ1) is 18.3. The summed E-state index contributed by atoms with van der Waals surface area (Å²) in [4.78, 5) is 16.8. The van der Waals surface area contributed by atoms with Crippen molar-refractivity contribution in [3.8, 4) is 0 Å². The number of rotatable bonds is 8. The molecule has 0 atom stereocenters. The third kappa shape index (κ3) is 4.56. The van der Waals surface area contributed by atoms with Crippen LogP contribution in [0.25, 0.3) is 0 Å². The van der Waals surface area contributed by atoms with Crippen molar-refractivity contribution in [2.75, 3.05) is 11.9 Å². The number of furan rings is 1. The number of aryl methyl sites for hydroxylation is 1. The number of para-hydroxylation sites is 1. The molecule has 0 radical (unpaired) electrons. The van der Waals surface area contributed by atoms with Gasteiger partial charge in [0.15, 0.2) is 10.9 Å². The number of hydrogen-bond donors (Lipinski definition) is 2. The summed E-state index contributed by atoms with van der Waals surface area (Å²) in [5, 5.41) is 7.11. The Morgan fingerprint density at radius 2 is 2.12 bits per heavy atom. The molecule has 0 fully saturated rings. The standard InChI is InChI=1S/C19H22N4O2S/c1-3-20-12-14-6-4-5-7-16(14)22-18(24)17-9-8-15(25-17)13-26-19-21-10-11-23(19)2/h4-11,20H,3,12-13H2,1-2H3,(H,22,24). The van der Waals surface area contributed by atoms with Gasteiger partial charge in [-0.25, -0.2) is 4.98 Å². The Morgan fingerprint density at radius 1 is 1.27 bits per heavy atom. The maximum Gasteiger partial charge on any atom is 0.291 e. The van der Waals surface area contributed by atoms with Gasteiger partial charge in [0.05, 0.1) is 5.75 Å². The van der Waals surface area contributed by atoms with E-state index in [1.807, 2.05) is 48.1 Å². The number of aromatic nitrogens is 2. The SMILES string of the molecule is CCNCc1ccccc1NC(=O)c1ccc(CSc2nccn2C)o1. The van der Waals surface area contributed by atoms with E-state index in [2.05, 4.69) is 22.5 Å². The molecule has 0 unspecified atom stereocenters. The van der Waals surface area contributed by atoms with Gasteiger partial charge in [0, 0.05) is 31.7 Å². The van der Waals surface area contributed by atoms with E-state index < -0.39 is 0 Å². The van der Waals surface area contributed by atoms with Crippen LogP contribution in [0, 0.1) is 0 Å². The number of carbonyl (C=O) groups excluding carboxylic acids is 1. The molecule has 2 aromatic heterocycles. The molecule has 7 heteroatoms. The normalized spacial score (nSPS) is 10.8. The van der Waals surface area contributed by atoms with Gasteiger partial charge in [0.1, 0.15) is 5.76 Å². The van der Waals surface area contributed by atoms with Gasteiger partial charge >= 0.3 is 0 Å². The van der Waals surface area contributed by atoms with E-state index in [1.165, 1.54) is 0 Å². The first-order chi connectivity index (χ1) is 12.7. The van der Waals surface area contributed by atoms with Crippen LogP contribution >= 0.6 is 11.8 Å². The number of imidazole rings is 1. The van der Waals surface area contributed by atoms with Crippen LogP contribution < -0.4 is 10.6 Å². The predicted molar refractivity (Wildman–Crippen MR) is 103 cm³/mol. The van der Waals surface area contributed by atoms with Crippen LogP contribution in [0.3, 0.4) is 0 Å². The molecule has 136 valence electrons. The molecule has 1 aromatic carbocycles. The maximum atomic E-state index is 12.5. The van der Waals surface area contributed by atoms with Crippen molar-refractivity contribution in [3.05, 3.63) is 65.9 Å². The first-order valence-electron chi connectivity index (χ1n) is 8.46. The van der Waals surface area contributed by atoms with E-state index in [-0.39, 0.29) is 5.91 Å². The quantitative estimate of drug-likeness (QED) is 0.592. The number of amides is 1. The highest BCUT2D eigenvalue weighted by Gasteiger charge is 2.14. The second-order valence-electron chi connectivity index (χ2n) is 5.77. The monoisotopic (exact) mass is 370 g/mol. The summed E-state index contributed by atoms with van der Waals surface area (Å²) in [5.74, 6) is 1.42. The minimum Gasteiger partial charge on any atom is -0.455 e. The number of carbonyl (C=O) groups is 1. The van der Waals surface area contributed by atoms with E-state index in [0.717, 1.165) is 28.7 Å². The van der Waals surface area contributed by atoms with E-state index in [0.29, 0.717) is 18.1 Å². The number of hydrogen-bond acceptors (Lipinski definition) is 5. The molecule has 3 rings (SSSR count). The molecule has 3 aromatic rings. The smallest absolute Gasteiger partial charge is 0.291 e. The summed E-state index contributed by atoms with van der Waals surface area (Å²) in [6, 6.07) is 11.3. The fraction of sp³-hybridized carbons (Fsp3) is 0.263. The van der Waals surface area contributed by atoms with E-state index in [9.17, 15) is 4.79 Å². The highest BCUT2D eigenvalue weighted by molar-refractivity contribution is 7.98. The molecule has 0 bridgehead atoms. The Kier molecular flexibility index (Phi) is 6.14. The summed E-state index contributed by atoms with van der Waals surface area (Å²) in [5.41, 5.74) is 1.83. The second-order valence-corrected chi connectivity index (χ2v) is 6.71.